The van der Waals surface area contributed by atoms with E-state index in [2.05, 4.69) is 15.1 Å². The second-order valence-electron chi connectivity index (χ2n) is 4.65. The van der Waals surface area contributed by atoms with Crippen LogP contribution in [0, 0.1) is 5.82 Å². The van der Waals surface area contributed by atoms with Crippen molar-refractivity contribution in [2.45, 2.75) is 13.0 Å². The molecule has 2 aromatic heterocycles. The van der Waals surface area contributed by atoms with Crippen molar-refractivity contribution in [2.24, 2.45) is 0 Å². The van der Waals surface area contributed by atoms with Gasteiger partial charge in [0.25, 0.3) is 5.56 Å². The van der Waals surface area contributed by atoms with Gasteiger partial charge in [-0.2, -0.15) is 4.98 Å². The van der Waals surface area contributed by atoms with Crippen molar-refractivity contribution in [3.05, 3.63) is 80.5 Å². The van der Waals surface area contributed by atoms with Gasteiger partial charge in [-0.05, 0) is 17.7 Å². The fourth-order valence-corrected chi connectivity index (χ4v) is 1.97. The highest BCUT2D eigenvalue weighted by atomic mass is 19.1. The largest absolute Gasteiger partial charge is 0.337 e. The Hall–Kier alpha value is -3.03. The van der Waals surface area contributed by atoms with Crippen LogP contribution in [0.1, 0.15) is 17.3 Å². The first-order valence-corrected chi connectivity index (χ1v) is 6.46. The zero-order chi connectivity index (χ0) is 15.5. The van der Waals surface area contributed by atoms with Gasteiger partial charge < -0.3 is 4.52 Å². The van der Waals surface area contributed by atoms with E-state index in [1.54, 1.807) is 12.1 Å². The Morgan fingerprint density at radius 1 is 1.27 bits per heavy atom. The summed E-state index contributed by atoms with van der Waals surface area (Å²) in [6.45, 7) is 0.0474. The summed E-state index contributed by atoms with van der Waals surface area (Å²) >= 11 is 0. The Labute approximate surface area is 123 Å². The maximum absolute atomic E-state index is 13.1. The number of halogens is 1. The summed E-state index contributed by atoms with van der Waals surface area (Å²) in [6, 6.07) is 7.33. The number of aromatic amines is 1. The topological polar surface area (TPSA) is 93.8 Å². The molecule has 1 aromatic carbocycles. The SMILES string of the molecule is O=c1ccn(Cc2nc(Cc3cccc(F)c3)no2)c(=O)[nH]1. The molecule has 0 saturated carbocycles. The third-order valence-electron chi connectivity index (χ3n) is 2.96. The molecule has 3 aromatic rings. The number of nitrogens with zero attached hydrogens (tertiary/aromatic N) is 3. The van der Waals surface area contributed by atoms with Crippen LogP contribution in [0.3, 0.4) is 0 Å². The van der Waals surface area contributed by atoms with Crippen LogP contribution in [0.25, 0.3) is 0 Å². The van der Waals surface area contributed by atoms with Crippen LogP contribution in [-0.2, 0) is 13.0 Å². The van der Waals surface area contributed by atoms with E-state index in [9.17, 15) is 14.0 Å². The molecule has 22 heavy (non-hydrogen) atoms. The van der Waals surface area contributed by atoms with Crippen LogP contribution in [-0.4, -0.2) is 19.7 Å². The van der Waals surface area contributed by atoms with Crippen molar-refractivity contribution in [3.63, 3.8) is 0 Å². The lowest BCUT2D eigenvalue weighted by molar-refractivity contribution is 0.364. The van der Waals surface area contributed by atoms with E-state index in [0.29, 0.717) is 17.8 Å². The standard InChI is InChI=1S/C14H11FN4O3/c15-10-3-1-2-9(6-10)7-11-16-13(22-18-11)8-19-5-4-12(20)17-14(19)21/h1-6H,7-8H2,(H,17,20,21). The molecule has 8 heteroatoms. The molecule has 7 nitrogen and oxygen atoms in total. The molecule has 0 fully saturated rings. The van der Waals surface area contributed by atoms with Crippen molar-refractivity contribution in [1.29, 1.82) is 0 Å². The van der Waals surface area contributed by atoms with Gasteiger partial charge in [0.05, 0.1) is 0 Å². The lowest BCUT2D eigenvalue weighted by atomic mass is 10.1. The van der Waals surface area contributed by atoms with E-state index < -0.39 is 11.2 Å². The molecule has 0 radical (unpaired) electrons. The summed E-state index contributed by atoms with van der Waals surface area (Å²) in [5.74, 6) is 0.277. The fraction of sp³-hybridized carbons (Fsp3) is 0.143. The zero-order valence-electron chi connectivity index (χ0n) is 11.3. The number of aromatic nitrogens is 4. The van der Waals surface area contributed by atoms with Gasteiger partial charge in [0.2, 0.25) is 5.89 Å². The first-order valence-electron chi connectivity index (χ1n) is 6.46. The fourth-order valence-electron chi connectivity index (χ4n) is 1.97. The van der Waals surface area contributed by atoms with E-state index in [4.69, 9.17) is 4.52 Å². The van der Waals surface area contributed by atoms with Gasteiger partial charge in [0.1, 0.15) is 12.4 Å². The maximum atomic E-state index is 13.1. The molecule has 0 atom stereocenters. The highest BCUT2D eigenvalue weighted by Crippen LogP contribution is 2.09. The number of rotatable bonds is 4. The van der Waals surface area contributed by atoms with Crippen LogP contribution in [0.2, 0.25) is 0 Å². The smallest absolute Gasteiger partial charge is 0.328 e. The summed E-state index contributed by atoms with van der Waals surface area (Å²) in [5.41, 5.74) is -0.315. The van der Waals surface area contributed by atoms with Crippen LogP contribution in [0.5, 0.6) is 0 Å². The molecule has 0 aliphatic heterocycles. The van der Waals surface area contributed by atoms with Crippen LogP contribution >= 0.6 is 0 Å². The molecule has 3 rings (SSSR count). The molecule has 0 bridgehead atoms. The molecule has 0 aliphatic rings. The van der Waals surface area contributed by atoms with Gasteiger partial charge in [-0.1, -0.05) is 17.3 Å². The first kappa shape index (κ1) is 13.9. The Morgan fingerprint density at radius 2 is 2.14 bits per heavy atom. The minimum Gasteiger partial charge on any atom is -0.337 e. The lowest BCUT2D eigenvalue weighted by Gasteiger charge is -1.98. The minimum absolute atomic E-state index is 0.0474. The Morgan fingerprint density at radius 3 is 2.91 bits per heavy atom. The van der Waals surface area contributed by atoms with Crippen molar-refractivity contribution in [3.8, 4) is 0 Å². The molecule has 0 saturated heterocycles. The molecule has 0 unspecified atom stereocenters. The average molecular weight is 302 g/mol. The zero-order valence-corrected chi connectivity index (χ0v) is 11.3. The van der Waals surface area contributed by atoms with Crippen LogP contribution in [0.15, 0.2) is 50.6 Å². The third-order valence-corrected chi connectivity index (χ3v) is 2.96. The van der Waals surface area contributed by atoms with Gasteiger partial charge in [-0.3, -0.25) is 14.3 Å². The molecule has 2 heterocycles. The van der Waals surface area contributed by atoms with Crippen LogP contribution in [0.4, 0.5) is 4.39 Å². The summed E-state index contributed by atoms with van der Waals surface area (Å²) in [7, 11) is 0. The summed E-state index contributed by atoms with van der Waals surface area (Å²) in [6.07, 6.45) is 1.67. The highest BCUT2D eigenvalue weighted by Gasteiger charge is 2.09. The molecular formula is C14H11FN4O3. The van der Waals surface area contributed by atoms with E-state index >= 15 is 0 Å². The van der Waals surface area contributed by atoms with E-state index in [1.807, 2.05) is 0 Å². The quantitative estimate of drug-likeness (QED) is 0.765. The first-order chi connectivity index (χ1) is 10.6. The molecule has 112 valence electrons. The van der Waals surface area contributed by atoms with Crippen molar-refractivity contribution < 1.29 is 8.91 Å². The van der Waals surface area contributed by atoms with Gasteiger partial charge in [-0.15, -0.1) is 0 Å². The van der Waals surface area contributed by atoms with E-state index in [0.717, 1.165) is 0 Å². The van der Waals surface area contributed by atoms with E-state index in [1.165, 1.54) is 29.0 Å². The number of H-pyrrole nitrogens is 1. The van der Waals surface area contributed by atoms with Gasteiger partial charge in [0, 0.05) is 18.7 Å². The molecule has 0 amide bonds. The van der Waals surface area contributed by atoms with E-state index in [-0.39, 0.29) is 18.3 Å². The lowest BCUT2D eigenvalue weighted by Crippen LogP contribution is -2.28. The Bertz CT molecular complexity index is 912. The maximum Gasteiger partial charge on any atom is 0.328 e. The monoisotopic (exact) mass is 302 g/mol. The van der Waals surface area contributed by atoms with Crippen molar-refractivity contribution in [2.75, 3.05) is 0 Å². The molecule has 0 aliphatic carbocycles. The average Bonchev–Trinajstić information content (AvgIpc) is 2.89. The summed E-state index contributed by atoms with van der Waals surface area (Å²) < 4.78 is 19.4. The highest BCUT2D eigenvalue weighted by molar-refractivity contribution is 5.19. The molecule has 1 N–H and O–H groups in total. The van der Waals surface area contributed by atoms with Gasteiger partial charge in [-0.25, -0.2) is 9.18 Å². The van der Waals surface area contributed by atoms with Crippen LogP contribution < -0.4 is 11.2 Å². The summed E-state index contributed by atoms with van der Waals surface area (Å²) in [5, 5.41) is 3.79. The molecule has 0 spiro atoms. The Kier molecular flexibility index (Phi) is 3.65. The number of hydrogen-bond acceptors (Lipinski definition) is 5. The predicted octanol–water partition coefficient (Wildman–Crippen LogP) is 0.698. The number of hydrogen-bond donors (Lipinski definition) is 1. The minimum atomic E-state index is -0.558. The second kappa shape index (κ2) is 5.76. The predicted molar refractivity (Wildman–Crippen MR) is 73.9 cm³/mol. The third kappa shape index (κ3) is 3.17. The summed E-state index contributed by atoms with van der Waals surface area (Å²) in [4.78, 5) is 28.8. The molecular weight excluding hydrogens is 291 g/mol. The van der Waals surface area contributed by atoms with Crippen molar-refractivity contribution >= 4 is 0 Å². The normalized spacial score (nSPS) is 10.8. The van der Waals surface area contributed by atoms with Gasteiger partial charge >= 0.3 is 5.69 Å². The van der Waals surface area contributed by atoms with Crippen molar-refractivity contribution in [1.82, 2.24) is 19.7 Å². The Balaban J connectivity index is 1.76. The number of nitrogens with one attached hydrogen (secondary N) is 1. The second-order valence-corrected chi connectivity index (χ2v) is 4.65. The number of benzene rings is 1. The van der Waals surface area contributed by atoms with Gasteiger partial charge in [0.15, 0.2) is 5.82 Å².